The van der Waals surface area contributed by atoms with E-state index in [9.17, 15) is 10.1 Å². The molecule has 124 valence electrons. The molecule has 0 saturated heterocycles. The zero-order valence-corrected chi connectivity index (χ0v) is 15.0. The first-order chi connectivity index (χ1) is 9.94. The van der Waals surface area contributed by atoms with Crippen LogP contribution in [0.4, 0.5) is 0 Å². The van der Waals surface area contributed by atoms with E-state index in [-0.39, 0.29) is 0 Å². The number of benzene rings is 1. The van der Waals surface area contributed by atoms with E-state index in [4.69, 9.17) is 16.3 Å². The second kappa shape index (κ2) is 7.32. The highest BCUT2D eigenvalue weighted by molar-refractivity contribution is 6.60. The molecule has 22 heavy (non-hydrogen) atoms. The lowest BCUT2D eigenvalue weighted by molar-refractivity contribution is -0.0982. The van der Waals surface area contributed by atoms with Crippen LogP contribution in [-0.2, 0) is 11.2 Å². The summed E-state index contributed by atoms with van der Waals surface area (Å²) in [5.41, 5.74) is -0.471. The average Bonchev–Trinajstić information content (AvgIpc) is 2.34. The summed E-state index contributed by atoms with van der Waals surface area (Å²) in [6.07, 6.45) is 0. The van der Waals surface area contributed by atoms with Crippen molar-refractivity contribution in [3.05, 3.63) is 28.8 Å². The van der Waals surface area contributed by atoms with Crippen LogP contribution in [-0.4, -0.2) is 34.5 Å². The maximum atomic E-state index is 10.5. The summed E-state index contributed by atoms with van der Waals surface area (Å²) in [6.45, 7) is 11.5. The molecule has 0 aromatic heterocycles. The van der Waals surface area contributed by atoms with Crippen molar-refractivity contribution in [2.24, 2.45) is 0 Å². The largest absolute Gasteiger partial charge is 0.491 e. The Balaban J connectivity index is 3.00. The lowest BCUT2D eigenvalue weighted by atomic mass is 9.74. The molecule has 1 rings (SSSR count). The minimum absolute atomic E-state index is 0.317. The molecule has 1 aromatic carbocycles. The van der Waals surface area contributed by atoms with Gasteiger partial charge in [0.05, 0.1) is 11.2 Å². The molecular weight excluding hydrogens is 300 g/mol. The molecule has 1 aromatic rings. The second-order valence-electron chi connectivity index (χ2n) is 6.92. The quantitative estimate of drug-likeness (QED) is 0.671. The molecule has 0 radical (unpaired) electrons. The summed E-state index contributed by atoms with van der Waals surface area (Å²) in [7, 11) is -1.14. The predicted molar refractivity (Wildman–Crippen MR) is 92.5 cm³/mol. The van der Waals surface area contributed by atoms with Crippen molar-refractivity contribution in [2.45, 2.75) is 65.3 Å². The molecule has 3 N–H and O–H groups in total. The maximum absolute atomic E-state index is 10.5. The predicted octanol–water partition coefficient (Wildman–Crippen LogP) is 2.09. The summed E-state index contributed by atoms with van der Waals surface area (Å²) in [5.74, 6) is 0. The fourth-order valence-corrected chi connectivity index (χ4v) is 1.96. The highest BCUT2D eigenvalue weighted by Crippen LogP contribution is 2.25. The Morgan fingerprint density at radius 3 is 2.36 bits per heavy atom. The van der Waals surface area contributed by atoms with E-state index in [1.165, 1.54) is 0 Å². The van der Waals surface area contributed by atoms with Gasteiger partial charge in [-0.05, 0) is 50.9 Å². The minimum Gasteiger partial charge on any atom is -0.423 e. The van der Waals surface area contributed by atoms with Gasteiger partial charge in [0.25, 0.3) is 0 Å². The SMILES string of the molecule is CC(C)NCc1cc(Cl)ccc1B(O)OC(C)(C)C(C)(C)O. The Hall–Kier alpha value is -0.585. The lowest BCUT2D eigenvalue weighted by Gasteiger charge is -2.38. The monoisotopic (exact) mass is 327 g/mol. The first kappa shape index (κ1) is 19.5. The van der Waals surface area contributed by atoms with Gasteiger partial charge in [-0.15, -0.1) is 0 Å². The van der Waals surface area contributed by atoms with Crippen LogP contribution in [0.5, 0.6) is 0 Å². The summed E-state index contributed by atoms with van der Waals surface area (Å²) >= 11 is 6.05. The minimum atomic E-state index is -1.14. The van der Waals surface area contributed by atoms with Gasteiger partial charge in [0, 0.05) is 17.6 Å². The topological polar surface area (TPSA) is 61.7 Å². The summed E-state index contributed by atoms with van der Waals surface area (Å²) in [5, 5.41) is 24.5. The highest BCUT2D eigenvalue weighted by Gasteiger charge is 2.40. The maximum Gasteiger partial charge on any atom is 0.491 e. The van der Waals surface area contributed by atoms with Crippen LogP contribution in [0, 0.1) is 0 Å². The smallest absolute Gasteiger partial charge is 0.423 e. The van der Waals surface area contributed by atoms with E-state index in [2.05, 4.69) is 19.2 Å². The van der Waals surface area contributed by atoms with Crippen LogP contribution >= 0.6 is 11.6 Å². The second-order valence-corrected chi connectivity index (χ2v) is 7.35. The van der Waals surface area contributed by atoms with Crippen LogP contribution in [0.25, 0.3) is 0 Å². The Morgan fingerprint density at radius 1 is 1.27 bits per heavy atom. The van der Waals surface area contributed by atoms with Gasteiger partial charge in [-0.25, -0.2) is 0 Å². The molecule has 0 aliphatic rings. The van der Waals surface area contributed by atoms with Crippen molar-refractivity contribution in [3.63, 3.8) is 0 Å². The molecule has 0 aliphatic carbocycles. The van der Waals surface area contributed by atoms with Gasteiger partial charge < -0.3 is 20.1 Å². The van der Waals surface area contributed by atoms with E-state index in [1.807, 2.05) is 6.07 Å². The van der Waals surface area contributed by atoms with Gasteiger partial charge in [0.2, 0.25) is 0 Å². The molecule has 0 atom stereocenters. The van der Waals surface area contributed by atoms with Crippen LogP contribution in [0.3, 0.4) is 0 Å². The number of hydrogen-bond acceptors (Lipinski definition) is 4. The first-order valence-corrected chi connectivity index (χ1v) is 7.92. The van der Waals surface area contributed by atoms with Crippen molar-refractivity contribution in [1.29, 1.82) is 0 Å². The van der Waals surface area contributed by atoms with Crippen molar-refractivity contribution in [2.75, 3.05) is 0 Å². The summed E-state index contributed by atoms with van der Waals surface area (Å²) < 4.78 is 5.71. The van der Waals surface area contributed by atoms with Crippen molar-refractivity contribution in [3.8, 4) is 0 Å². The molecule has 0 amide bonds. The lowest BCUT2D eigenvalue weighted by Crippen LogP contribution is -2.53. The Bertz CT molecular complexity index is 501. The fraction of sp³-hybridized carbons (Fsp3) is 0.625. The zero-order valence-electron chi connectivity index (χ0n) is 14.3. The Morgan fingerprint density at radius 2 is 1.86 bits per heavy atom. The van der Waals surface area contributed by atoms with Crippen LogP contribution in [0.1, 0.15) is 47.1 Å². The third kappa shape index (κ3) is 5.25. The van der Waals surface area contributed by atoms with Gasteiger partial charge in [0.1, 0.15) is 0 Å². The first-order valence-electron chi connectivity index (χ1n) is 7.54. The molecule has 0 saturated carbocycles. The van der Waals surface area contributed by atoms with E-state index in [0.29, 0.717) is 23.1 Å². The molecule has 0 fully saturated rings. The molecule has 0 bridgehead atoms. The van der Waals surface area contributed by atoms with Crippen molar-refractivity contribution >= 4 is 24.2 Å². The molecule has 0 heterocycles. The molecule has 0 unspecified atom stereocenters. The Kier molecular flexibility index (Phi) is 6.48. The average molecular weight is 328 g/mol. The van der Waals surface area contributed by atoms with Crippen LogP contribution in [0.2, 0.25) is 5.02 Å². The van der Waals surface area contributed by atoms with Gasteiger partial charge in [0.15, 0.2) is 0 Å². The summed E-state index contributed by atoms with van der Waals surface area (Å²) in [6, 6.07) is 5.61. The number of rotatable bonds is 7. The molecule has 0 aliphatic heterocycles. The van der Waals surface area contributed by atoms with Gasteiger partial charge >= 0.3 is 7.12 Å². The van der Waals surface area contributed by atoms with E-state index >= 15 is 0 Å². The van der Waals surface area contributed by atoms with E-state index in [1.54, 1.807) is 39.8 Å². The van der Waals surface area contributed by atoms with Gasteiger partial charge in [-0.1, -0.05) is 31.5 Å². The third-order valence-corrected chi connectivity index (χ3v) is 4.19. The standard InChI is InChI=1S/C16H27BClNO3/c1-11(2)19-10-12-9-13(18)7-8-14(12)17(21)22-16(5,6)15(3,4)20/h7-9,11,19-21H,10H2,1-6H3. The van der Waals surface area contributed by atoms with Crippen molar-refractivity contribution < 1.29 is 14.8 Å². The number of hydrogen-bond donors (Lipinski definition) is 3. The highest BCUT2D eigenvalue weighted by atomic mass is 35.5. The van der Waals surface area contributed by atoms with Crippen LogP contribution in [0.15, 0.2) is 18.2 Å². The molecule has 0 spiro atoms. The van der Waals surface area contributed by atoms with Gasteiger partial charge in [-0.3, -0.25) is 0 Å². The Labute approximate surface area is 139 Å². The number of aliphatic hydroxyl groups is 1. The molecule has 4 nitrogen and oxygen atoms in total. The van der Waals surface area contributed by atoms with Gasteiger partial charge in [-0.2, -0.15) is 0 Å². The third-order valence-electron chi connectivity index (χ3n) is 3.95. The zero-order chi connectivity index (χ0) is 17.1. The number of nitrogens with one attached hydrogen (secondary N) is 1. The summed E-state index contributed by atoms with van der Waals surface area (Å²) in [4.78, 5) is 0. The van der Waals surface area contributed by atoms with Crippen LogP contribution < -0.4 is 10.8 Å². The number of halogens is 1. The molecular formula is C16H27BClNO3. The normalized spacial score (nSPS) is 12.8. The van der Waals surface area contributed by atoms with Crippen molar-refractivity contribution in [1.82, 2.24) is 5.32 Å². The molecule has 6 heteroatoms. The van der Waals surface area contributed by atoms with E-state index < -0.39 is 18.3 Å². The fourth-order valence-electron chi connectivity index (χ4n) is 1.77. The van der Waals surface area contributed by atoms with E-state index in [0.717, 1.165) is 5.56 Å².